The summed E-state index contributed by atoms with van der Waals surface area (Å²) in [6, 6.07) is 0. The molecule has 0 fully saturated rings. The molecule has 0 aliphatic heterocycles. The van der Waals surface area contributed by atoms with Gasteiger partial charge in [0.1, 0.15) is 13.2 Å². The lowest BCUT2D eigenvalue weighted by Gasteiger charge is -2.18. The van der Waals surface area contributed by atoms with Gasteiger partial charge in [0, 0.05) is 19.3 Å². The highest BCUT2D eigenvalue weighted by molar-refractivity contribution is 5.71. The maximum Gasteiger partial charge on any atom is 0.306 e. The van der Waals surface area contributed by atoms with Crippen LogP contribution in [0, 0.1) is 5.92 Å². The average Bonchev–Trinajstić information content (AvgIpc) is 3.22. The third-order valence-electron chi connectivity index (χ3n) is 12.0. The molecule has 0 aliphatic rings. The van der Waals surface area contributed by atoms with Crippen molar-refractivity contribution in [3.05, 3.63) is 0 Å². The smallest absolute Gasteiger partial charge is 0.306 e. The number of esters is 3. The van der Waals surface area contributed by atoms with Crippen LogP contribution in [0.25, 0.3) is 0 Å². The van der Waals surface area contributed by atoms with Crippen LogP contribution in [0.15, 0.2) is 0 Å². The van der Waals surface area contributed by atoms with E-state index >= 15 is 0 Å². The van der Waals surface area contributed by atoms with E-state index in [4.69, 9.17) is 14.2 Å². The summed E-state index contributed by atoms with van der Waals surface area (Å²) < 4.78 is 16.8. The summed E-state index contributed by atoms with van der Waals surface area (Å²) in [4.78, 5) is 37.9. The summed E-state index contributed by atoms with van der Waals surface area (Å²) in [6.45, 7) is 9.00. The van der Waals surface area contributed by atoms with Gasteiger partial charge in [0.15, 0.2) is 6.10 Å². The van der Waals surface area contributed by atoms with Crippen LogP contribution in [0.4, 0.5) is 0 Å². The first-order chi connectivity index (χ1) is 28.9. The van der Waals surface area contributed by atoms with Crippen molar-refractivity contribution in [1.29, 1.82) is 0 Å². The van der Waals surface area contributed by atoms with Crippen molar-refractivity contribution < 1.29 is 28.6 Å². The minimum atomic E-state index is -0.760. The van der Waals surface area contributed by atoms with Crippen LogP contribution >= 0.6 is 0 Å². The third kappa shape index (κ3) is 47.3. The Morgan fingerprint density at radius 1 is 0.322 bits per heavy atom. The number of carbonyl (C=O) groups is 3. The summed E-state index contributed by atoms with van der Waals surface area (Å²) in [7, 11) is 0. The first kappa shape index (κ1) is 57.4. The lowest BCUT2D eigenvalue weighted by Crippen LogP contribution is -2.30. The first-order valence-electron chi connectivity index (χ1n) is 26.4. The van der Waals surface area contributed by atoms with Gasteiger partial charge in [-0.2, -0.15) is 0 Å². The van der Waals surface area contributed by atoms with Crippen LogP contribution in [-0.4, -0.2) is 37.2 Å². The average molecular weight is 835 g/mol. The fourth-order valence-electron chi connectivity index (χ4n) is 8.04. The molecule has 6 nitrogen and oxygen atoms in total. The predicted octanol–water partition coefficient (Wildman–Crippen LogP) is 17.1. The van der Waals surface area contributed by atoms with Crippen molar-refractivity contribution in [2.45, 2.75) is 303 Å². The van der Waals surface area contributed by atoms with Gasteiger partial charge in [-0.1, -0.05) is 259 Å². The molecular formula is C53H102O6. The Balaban J connectivity index is 4.25. The van der Waals surface area contributed by atoms with Crippen LogP contribution < -0.4 is 0 Å². The van der Waals surface area contributed by atoms with E-state index in [-0.39, 0.29) is 31.1 Å². The molecule has 59 heavy (non-hydrogen) atoms. The molecule has 0 saturated carbocycles. The Labute approximate surface area is 368 Å². The molecule has 350 valence electrons. The molecule has 0 unspecified atom stereocenters. The second-order valence-corrected chi connectivity index (χ2v) is 18.6. The largest absolute Gasteiger partial charge is 0.462 e. The molecule has 6 heteroatoms. The maximum atomic E-state index is 12.8. The SMILES string of the molecule is CCCCCCCCCCCCCCCCCCCCC(=O)OC[C@@H](COC(=O)CCCCCCCCCCCCC)OC(=O)CCCCCCCCCCCC(C)C. The Morgan fingerprint density at radius 2 is 0.559 bits per heavy atom. The van der Waals surface area contributed by atoms with Crippen LogP contribution in [0.3, 0.4) is 0 Å². The summed E-state index contributed by atoms with van der Waals surface area (Å²) in [5.41, 5.74) is 0. The number of hydrogen-bond donors (Lipinski definition) is 0. The number of hydrogen-bond acceptors (Lipinski definition) is 6. The highest BCUT2D eigenvalue weighted by Gasteiger charge is 2.19. The van der Waals surface area contributed by atoms with Gasteiger partial charge in [-0.05, 0) is 25.2 Å². The van der Waals surface area contributed by atoms with Crippen LogP contribution in [0.2, 0.25) is 0 Å². The van der Waals surface area contributed by atoms with Crippen molar-refractivity contribution in [2.75, 3.05) is 13.2 Å². The molecule has 0 aromatic rings. The maximum absolute atomic E-state index is 12.8. The minimum absolute atomic E-state index is 0.0630. The number of unbranched alkanes of at least 4 members (excludes halogenated alkanes) is 35. The Bertz CT molecular complexity index is 887. The summed E-state index contributed by atoms with van der Waals surface area (Å²) in [5.74, 6) is -0.0397. The minimum Gasteiger partial charge on any atom is -0.462 e. The number of carbonyl (C=O) groups excluding carboxylic acids is 3. The van der Waals surface area contributed by atoms with E-state index in [9.17, 15) is 14.4 Å². The molecule has 0 rings (SSSR count). The van der Waals surface area contributed by atoms with Crippen molar-refractivity contribution in [2.24, 2.45) is 5.92 Å². The van der Waals surface area contributed by atoms with Crippen molar-refractivity contribution in [3.63, 3.8) is 0 Å². The quantitative estimate of drug-likeness (QED) is 0.0345. The molecule has 0 heterocycles. The van der Waals surface area contributed by atoms with Crippen molar-refractivity contribution >= 4 is 17.9 Å². The Morgan fingerprint density at radius 3 is 0.831 bits per heavy atom. The Hall–Kier alpha value is -1.59. The number of ether oxygens (including phenoxy) is 3. The zero-order valence-electron chi connectivity index (χ0n) is 40.2. The molecule has 0 amide bonds. The normalized spacial score (nSPS) is 11.9. The van der Waals surface area contributed by atoms with Crippen molar-refractivity contribution in [1.82, 2.24) is 0 Å². The van der Waals surface area contributed by atoms with Gasteiger partial charge in [0.25, 0.3) is 0 Å². The monoisotopic (exact) mass is 835 g/mol. The zero-order chi connectivity index (χ0) is 43.1. The molecule has 1 atom stereocenters. The highest BCUT2D eigenvalue weighted by atomic mass is 16.6. The molecule has 0 aromatic heterocycles. The molecular weight excluding hydrogens is 733 g/mol. The predicted molar refractivity (Wildman–Crippen MR) is 252 cm³/mol. The van der Waals surface area contributed by atoms with Gasteiger partial charge in [-0.15, -0.1) is 0 Å². The van der Waals surface area contributed by atoms with E-state index in [1.54, 1.807) is 0 Å². The van der Waals surface area contributed by atoms with E-state index < -0.39 is 6.10 Å². The van der Waals surface area contributed by atoms with Gasteiger partial charge in [0.2, 0.25) is 0 Å². The van der Waals surface area contributed by atoms with Crippen LogP contribution in [0.5, 0.6) is 0 Å². The van der Waals surface area contributed by atoms with Gasteiger partial charge in [-0.3, -0.25) is 14.4 Å². The van der Waals surface area contributed by atoms with E-state index in [1.165, 1.54) is 193 Å². The molecule has 0 N–H and O–H groups in total. The van der Waals surface area contributed by atoms with Gasteiger partial charge >= 0.3 is 17.9 Å². The van der Waals surface area contributed by atoms with Gasteiger partial charge in [-0.25, -0.2) is 0 Å². The standard InChI is InChI=1S/C53H102O6/c1-5-7-9-11-13-15-17-18-19-20-21-22-23-25-29-33-37-41-45-52(55)58-48-50(47-57-51(54)44-40-36-32-28-24-16-14-12-10-8-6-2)59-53(56)46-42-38-34-30-26-27-31-35-39-43-49(3)4/h49-50H,5-48H2,1-4H3/t50-/m1/s1. The van der Waals surface area contributed by atoms with Crippen LogP contribution in [-0.2, 0) is 28.6 Å². The van der Waals surface area contributed by atoms with Gasteiger partial charge < -0.3 is 14.2 Å². The Kier molecular flexibility index (Phi) is 46.2. The molecule has 0 aromatic carbocycles. The molecule has 0 bridgehead atoms. The second-order valence-electron chi connectivity index (χ2n) is 18.6. The summed E-state index contributed by atoms with van der Waals surface area (Å²) in [6.07, 6.45) is 49.5. The van der Waals surface area contributed by atoms with Gasteiger partial charge in [0.05, 0.1) is 0 Å². The molecule has 0 saturated heterocycles. The summed E-state index contributed by atoms with van der Waals surface area (Å²) in [5, 5.41) is 0. The first-order valence-corrected chi connectivity index (χ1v) is 26.4. The van der Waals surface area contributed by atoms with E-state index in [1.807, 2.05) is 0 Å². The van der Waals surface area contributed by atoms with E-state index in [2.05, 4.69) is 27.7 Å². The lowest BCUT2D eigenvalue weighted by molar-refractivity contribution is -0.167. The van der Waals surface area contributed by atoms with Crippen LogP contribution in [0.1, 0.15) is 297 Å². The fraction of sp³-hybridized carbons (Fsp3) is 0.943. The van der Waals surface area contributed by atoms with E-state index in [0.29, 0.717) is 19.3 Å². The zero-order valence-corrected chi connectivity index (χ0v) is 40.2. The lowest BCUT2D eigenvalue weighted by atomic mass is 10.0. The fourth-order valence-corrected chi connectivity index (χ4v) is 8.04. The second kappa shape index (κ2) is 47.5. The molecule has 0 spiro atoms. The van der Waals surface area contributed by atoms with E-state index in [0.717, 1.165) is 63.7 Å². The number of rotatable bonds is 48. The molecule has 0 radical (unpaired) electrons. The summed E-state index contributed by atoms with van der Waals surface area (Å²) >= 11 is 0. The third-order valence-corrected chi connectivity index (χ3v) is 12.0. The van der Waals surface area contributed by atoms with Crippen molar-refractivity contribution in [3.8, 4) is 0 Å². The molecule has 0 aliphatic carbocycles. The topological polar surface area (TPSA) is 78.9 Å². The highest BCUT2D eigenvalue weighted by Crippen LogP contribution is 2.17.